The largest absolute Gasteiger partial charge is 0.497 e. The van der Waals surface area contributed by atoms with Gasteiger partial charge in [0.1, 0.15) is 22.7 Å². The first-order chi connectivity index (χ1) is 13.3. The third-order valence-corrected chi connectivity index (χ3v) is 3.07. The standard InChI is InChI=1S/C20H31N3O6/c1-19(2,3)28-17(24)22-16(23-18(25)29-20(4,5)6)21-12-13-9-14(26-7)11-15(10-13)27-8/h9-11H,12H2,1-8H3,(H2,21,22,23,24,25). The SMILES string of the molecule is COc1cc(CN=C(NC(=O)OC(C)(C)C)NC(=O)OC(C)(C)C)cc(OC)c1. The summed E-state index contributed by atoms with van der Waals surface area (Å²) in [4.78, 5) is 28.5. The molecule has 0 aromatic heterocycles. The topological polar surface area (TPSA) is 107 Å². The van der Waals surface area contributed by atoms with Crippen molar-refractivity contribution < 1.29 is 28.5 Å². The summed E-state index contributed by atoms with van der Waals surface area (Å²) >= 11 is 0. The Kier molecular flexibility index (Phi) is 8.29. The van der Waals surface area contributed by atoms with Crippen molar-refractivity contribution >= 4 is 18.1 Å². The molecule has 0 heterocycles. The van der Waals surface area contributed by atoms with Gasteiger partial charge in [-0.1, -0.05) is 0 Å². The van der Waals surface area contributed by atoms with E-state index in [0.29, 0.717) is 11.5 Å². The van der Waals surface area contributed by atoms with Crippen LogP contribution in [0.25, 0.3) is 0 Å². The summed E-state index contributed by atoms with van der Waals surface area (Å²) in [5.41, 5.74) is -0.668. The van der Waals surface area contributed by atoms with Gasteiger partial charge < -0.3 is 18.9 Å². The average Bonchev–Trinajstić information content (AvgIpc) is 2.55. The number of carbonyl (C=O) groups is 2. The number of nitrogens with one attached hydrogen (secondary N) is 2. The second-order valence-corrected chi connectivity index (χ2v) is 8.14. The molecule has 0 spiro atoms. The van der Waals surface area contributed by atoms with Gasteiger partial charge in [0, 0.05) is 6.07 Å². The van der Waals surface area contributed by atoms with E-state index in [9.17, 15) is 9.59 Å². The summed E-state index contributed by atoms with van der Waals surface area (Å²) in [5, 5.41) is 4.86. The predicted molar refractivity (Wildman–Crippen MR) is 109 cm³/mol. The van der Waals surface area contributed by atoms with Crippen molar-refractivity contribution in [2.24, 2.45) is 4.99 Å². The molecule has 0 aliphatic heterocycles. The van der Waals surface area contributed by atoms with Gasteiger partial charge in [-0.05, 0) is 59.2 Å². The van der Waals surface area contributed by atoms with Crippen LogP contribution >= 0.6 is 0 Å². The number of methoxy groups -OCH3 is 2. The van der Waals surface area contributed by atoms with Crippen LogP contribution in [-0.4, -0.2) is 43.6 Å². The van der Waals surface area contributed by atoms with Crippen LogP contribution in [0.2, 0.25) is 0 Å². The lowest BCUT2D eigenvalue weighted by Crippen LogP contribution is -2.47. The van der Waals surface area contributed by atoms with Gasteiger partial charge in [0.15, 0.2) is 0 Å². The number of amides is 2. The van der Waals surface area contributed by atoms with Crippen LogP contribution in [0.3, 0.4) is 0 Å². The lowest BCUT2D eigenvalue weighted by Gasteiger charge is -2.22. The number of ether oxygens (including phenoxy) is 4. The van der Waals surface area contributed by atoms with Crippen LogP contribution < -0.4 is 20.1 Å². The lowest BCUT2D eigenvalue weighted by atomic mass is 10.2. The first-order valence-electron chi connectivity index (χ1n) is 9.07. The summed E-state index contributed by atoms with van der Waals surface area (Å²) in [6.45, 7) is 10.5. The molecule has 9 heteroatoms. The van der Waals surface area contributed by atoms with E-state index in [1.54, 1.807) is 74.0 Å². The molecule has 9 nitrogen and oxygen atoms in total. The van der Waals surface area contributed by atoms with Gasteiger partial charge in [-0.2, -0.15) is 0 Å². The molecule has 29 heavy (non-hydrogen) atoms. The van der Waals surface area contributed by atoms with Gasteiger partial charge >= 0.3 is 12.2 Å². The zero-order valence-corrected chi connectivity index (χ0v) is 18.3. The molecular formula is C20H31N3O6. The predicted octanol–water partition coefficient (Wildman–Crippen LogP) is 3.61. The summed E-state index contributed by atoms with van der Waals surface area (Å²) in [7, 11) is 3.09. The number of carbonyl (C=O) groups excluding carboxylic acids is 2. The van der Waals surface area contributed by atoms with Gasteiger partial charge in [0.25, 0.3) is 0 Å². The third kappa shape index (κ3) is 10.2. The molecule has 0 saturated carbocycles. The zero-order chi connectivity index (χ0) is 22.2. The smallest absolute Gasteiger partial charge is 0.414 e. The summed E-state index contributed by atoms with van der Waals surface area (Å²) < 4.78 is 20.9. The lowest BCUT2D eigenvalue weighted by molar-refractivity contribution is 0.0545. The maximum atomic E-state index is 12.1. The molecule has 0 aliphatic rings. The second-order valence-electron chi connectivity index (χ2n) is 8.14. The highest BCUT2D eigenvalue weighted by molar-refractivity contribution is 6.01. The molecule has 0 aliphatic carbocycles. The molecule has 0 radical (unpaired) electrons. The minimum Gasteiger partial charge on any atom is -0.497 e. The Morgan fingerprint density at radius 3 is 1.59 bits per heavy atom. The average molecular weight is 409 g/mol. The number of rotatable bonds is 4. The van der Waals surface area contributed by atoms with E-state index in [4.69, 9.17) is 18.9 Å². The Labute approximate surface area is 171 Å². The van der Waals surface area contributed by atoms with E-state index < -0.39 is 23.4 Å². The van der Waals surface area contributed by atoms with E-state index >= 15 is 0 Å². The number of guanidine groups is 1. The van der Waals surface area contributed by atoms with Crippen LogP contribution in [0.5, 0.6) is 11.5 Å². The van der Waals surface area contributed by atoms with Crippen LogP contribution in [-0.2, 0) is 16.0 Å². The van der Waals surface area contributed by atoms with E-state index in [0.717, 1.165) is 5.56 Å². The second kappa shape index (κ2) is 9.99. The fourth-order valence-electron chi connectivity index (χ4n) is 2.04. The maximum Gasteiger partial charge on any atom is 0.414 e. The van der Waals surface area contributed by atoms with Crippen LogP contribution in [0, 0.1) is 0 Å². The number of aliphatic imine (C=N–C) groups is 1. The Bertz CT molecular complexity index is 693. The van der Waals surface area contributed by atoms with Crippen molar-refractivity contribution in [3.8, 4) is 11.5 Å². The van der Waals surface area contributed by atoms with Crippen molar-refractivity contribution in [2.75, 3.05) is 14.2 Å². The van der Waals surface area contributed by atoms with E-state index in [1.807, 2.05) is 0 Å². The van der Waals surface area contributed by atoms with Gasteiger partial charge in [0.2, 0.25) is 5.96 Å². The van der Waals surface area contributed by atoms with Gasteiger partial charge in [-0.15, -0.1) is 0 Å². The third-order valence-electron chi connectivity index (χ3n) is 3.07. The highest BCUT2D eigenvalue weighted by Gasteiger charge is 2.21. The van der Waals surface area contributed by atoms with Gasteiger partial charge in [-0.3, -0.25) is 10.6 Å². The van der Waals surface area contributed by atoms with Crippen LogP contribution in [0.1, 0.15) is 47.1 Å². The normalized spacial score (nSPS) is 11.2. The molecule has 0 bridgehead atoms. The molecule has 0 atom stereocenters. The molecule has 0 fully saturated rings. The minimum absolute atomic E-state index is 0.102. The molecule has 162 valence electrons. The molecule has 1 aromatic rings. The van der Waals surface area contributed by atoms with Crippen molar-refractivity contribution in [1.82, 2.24) is 10.6 Å². The first-order valence-corrected chi connectivity index (χ1v) is 9.07. The van der Waals surface area contributed by atoms with E-state index in [2.05, 4.69) is 15.6 Å². The summed E-state index contributed by atoms with van der Waals surface area (Å²) in [6, 6.07) is 5.27. The minimum atomic E-state index is -0.754. The van der Waals surface area contributed by atoms with E-state index in [-0.39, 0.29) is 12.5 Å². The highest BCUT2D eigenvalue weighted by Crippen LogP contribution is 2.22. The van der Waals surface area contributed by atoms with E-state index in [1.165, 1.54) is 0 Å². The van der Waals surface area contributed by atoms with Gasteiger partial charge in [-0.25, -0.2) is 14.6 Å². The summed E-state index contributed by atoms with van der Waals surface area (Å²) in [6.07, 6.45) is -1.51. The Balaban J connectivity index is 3.02. The van der Waals surface area contributed by atoms with Crippen LogP contribution in [0.4, 0.5) is 9.59 Å². The fourth-order valence-corrected chi connectivity index (χ4v) is 2.04. The van der Waals surface area contributed by atoms with Gasteiger partial charge in [0.05, 0.1) is 20.8 Å². The van der Waals surface area contributed by atoms with Crippen LogP contribution in [0.15, 0.2) is 23.2 Å². The highest BCUT2D eigenvalue weighted by atomic mass is 16.6. The fraction of sp³-hybridized carbons (Fsp3) is 0.550. The molecular weight excluding hydrogens is 378 g/mol. The van der Waals surface area contributed by atoms with Crippen molar-refractivity contribution in [1.29, 1.82) is 0 Å². The first kappa shape index (κ1) is 24.1. The maximum absolute atomic E-state index is 12.1. The molecule has 2 amide bonds. The van der Waals surface area contributed by atoms with Crippen molar-refractivity contribution in [2.45, 2.75) is 59.3 Å². The number of hydrogen-bond donors (Lipinski definition) is 2. The number of hydrogen-bond acceptors (Lipinski definition) is 7. The molecule has 0 unspecified atom stereocenters. The summed E-state index contributed by atoms with van der Waals surface area (Å²) in [5.74, 6) is 1.09. The Morgan fingerprint density at radius 2 is 1.24 bits per heavy atom. The molecule has 1 rings (SSSR count). The van der Waals surface area contributed by atoms with Crippen molar-refractivity contribution in [3.05, 3.63) is 23.8 Å². The molecule has 1 aromatic carbocycles. The zero-order valence-electron chi connectivity index (χ0n) is 18.3. The number of alkyl carbamates (subject to hydrolysis) is 2. The number of benzene rings is 1. The molecule has 2 N–H and O–H groups in total. The quantitative estimate of drug-likeness (QED) is 0.581. The Hall–Kier alpha value is -2.97. The number of nitrogens with zero attached hydrogens (tertiary/aromatic N) is 1. The molecule has 0 saturated heterocycles. The Morgan fingerprint density at radius 1 is 0.828 bits per heavy atom. The van der Waals surface area contributed by atoms with Crippen molar-refractivity contribution in [3.63, 3.8) is 0 Å². The monoisotopic (exact) mass is 409 g/mol.